The van der Waals surface area contributed by atoms with E-state index < -0.39 is 0 Å². The Bertz CT molecular complexity index is 1010. The first-order valence-electron chi connectivity index (χ1n) is 8.40. The molecule has 0 spiro atoms. The predicted molar refractivity (Wildman–Crippen MR) is 116 cm³/mol. The van der Waals surface area contributed by atoms with Gasteiger partial charge in [-0.25, -0.2) is 10.4 Å². The van der Waals surface area contributed by atoms with Gasteiger partial charge in [0.25, 0.3) is 0 Å². The van der Waals surface area contributed by atoms with Crippen LogP contribution >= 0.6 is 35.0 Å². The van der Waals surface area contributed by atoms with Crippen molar-refractivity contribution in [1.82, 2.24) is 10.4 Å². The Morgan fingerprint density at radius 1 is 1.21 bits per heavy atom. The van der Waals surface area contributed by atoms with Crippen LogP contribution in [-0.4, -0.2) is 30.0 Å². The Morgan fingerprint density at radius 3 is 2.75 bits per heavy atom. The number of benzene rings is 2. The molecule has 0 atom stereocenters. The quantitative estimate of drug-likeness (QED) is 0.241. The maximum Gasteiger partial charge on any atom is 0.240 e. The first kappa shape index (κ1) is 20.5. The summed E-state index contributed by atoms with van der Waals surface area (Å²) >= 11 is 13.6. The van der Waals surface area contributed by atoms with Gasteiger partial charge in [-0.05, 0) is 42.5 Å². The van der Waals surface area contributed by atoms with Gasteiger partial charge in [0, 0.05) is 39.1 Å². The number of pyridine rings is 1. The molecule has 5 nitrogen and oxygen atoms in total. The van der Waals surface area contributed by atoms with Crippen LogP contribution in [-0.2, 0) is 4.79 Å². The smallest absolute Gasteiger partial charge is 0.240 e. The lowest BCUT2D eigenvalue weighted by Crippen LogP contribution is -2.17. The van der Waals surface area contributed by atoms with Gasteiger partial charge in [-0.15, -0.1) is 11.8 Å². The molecule has 1 amide bonds. The highest BCUT2D eigenvalue weighted by Crippen LogP contribution is 2.23. The van der Waals surface area contributed by atoms with Gasteiger partial charge < -0.3 is 4.74 Å². The number of hydrogen-bond donors (Lipinski definition) is 1. The van der Waals surface area contributed by atoms with Crippen molar-refractivity contribution in [3.63, 3.8) is 0 Å². The summed E-state index contributed by atoms with van der Waals surface area (Å²) in [6.45, 7) is 0. The lowest BCUT2D eigenvalue weighted by atomic mass is 10.1. The van der Waals surface area contributed by atoms with E-state index in [1.165, 1.54) is 6.21 Å². The number of hydrazone groups is 1. The molecule has 0 saturated heterocycles. The van der Waals surface area contributed by atoms with E-state index in [2.05, 4.69) is 15.5 Å². The lowest BCUT2D eigenvalue weighted by Gasteiger charge is -2.05. The number of rotatable bonds is 7. The highest BCUT2D eigenvalue weighted by Gasteiger charge is 2.05. The van der Waals surface area contributed by atoms with Gasteiger partial charge in [-0.2, -0.15) is 5.10 Å². The normalized spacial score (nSPS) is 11.1. The van der Waals surface area contributed by atoms with Crippen molar-refractivity contribution in [2.45, 2.75) is 11.3 Å². The second-order valence-corrected chi connectivity index (χ2v) is 7.74. The maximum absolute atomic E-state index is 11.9. The molecule has 0 fully saturated rings. The number of methoxy groups -OCH3 is 1. The lowest BCUT2D eigenvalue weighted by molar-refractivity contribution is -0.120. The van der Waals surface area contributed by atoms with Gasteiger partial charge >= 0.3 is 0 Å². The average Bonchev–Trinajstić information content (AvgIpc) is 2.69. The number of ether oxygens (including phenoxy) is 1. The fourth-order valence-electron chi connectivity index (χ4n) is 2.38. The predicted octanol–water partition coefficient (Wildman–Crippen LogP) is 5.18. The summed E-state index contributed by atoms with van der Waals surface area (Å²) in [7, 11) is 1.60. The van der Waals surface area contributed by atoms with E-state index in [4.69, 9.17) is 27.9 Å². The molecule has 3 aromatic rings. The highest BCUT2D eigenvalue weighted by atomic mass is 35.5. The topological polar surface area (TPSA) is 63.6 Å². The standard InChI is InChI=1S/C20H17Cl2N3O2S/c1-27-16-5-2-13-10-14(20(22)24-18(13)11-16)12-23-25-19(26)8-9-28-17-6-3-15(21)4-7-17/h2-7,10-12H,8-9H2,1H3,(H,25,26)/b23-12+. The summed E-state index contributed by atoms with van der Waals surface area (Å²) in [5.41, 5.74) is 3.86. The third kappa shape index (κ3) is 5.61. The van der Waals surface area contributed by atoms with Crippen LogP contribution < -0.4 is 10.2 Å². The fourth-order valence-corrected chi connectivity index (χ4v) is 3.55. The minimum Gasteiger partial charge on any atom is -0.497 e. The van der Waals surface area contributed by atoms with Crippen LogP contribution in [0.2, 0.25) is 10.2 Å². The number of hydrogen-bond acceptors (Lipinski definition) is 5. The summed E-state index contributed by atoms with van der Waals surface area (Å²) in [5.74, 6) is 1.18. The molecule has 0 saturated carbocycles. The van der Waals surface area contributed by atoms with Crippen LogP contribution in [0, 0.1) is 0 Å². The monoisotopic (exact) mass is 433 g/mol. The van der Waals surface area contributed by atoms with Gasteiger partial charge in [-0.1, -0.05) is 23.2 Å². The van der Waals surface area contributed by atoms with E-state index in [1.807, 2.05) is 48.5 Å². The Balaban J connectivity index is 1.54. The number of nitrogens with one attached hydrogen (secondary N) is 1. The average molecular weight is 434 g/mol. The molecule has 0 bridgehead atoms. The Kier molecular flexibility index (Phi) is 7.14. The number of halogens is 2. The number of amides is 1. The maximum atomic E-state index is 11.9. The van der Waals surface area contributed by atoms with Crippen molar-refractivity contribution in [2.24, 2.45) is 5.10 Å². The minimum absolute atomic E-state index is 0.174. The molecular weight excluding hydrogens is 417 g/mol. The van der Waals surface area contributed by atoms with Gasteiger partial charge in [0.05, 0.1) is 18.8 Å². The molecule has 1 aromatic heterocycles. The first-order chi connectivity index (χ1) is 13.5. The van der Waals surface area contributed by atoms with Gasteiger partial charge in [-0.3, -0.25) is 4.79 Å². The molecule has 0 aliphatic heterocycles. The molecular formula is C20H17Cl2N3O2S. The SMILES string of the molecule is COc1ccc2cc(/C=N/NC(=O)CCSc3ccc(Cl)cc3)c(Cl)nc2c1. The van der Waals surface area contributed by atoms with Crippen LogP contribution in [0.3, 0.4) is 0 Å². The zero-order valence-corrected chi connectivity index (χ0v) is 17.3. The van der Waals surface area contributed by atoms with Crippen molar-refractivity contribution < 1.29 is 9.53 Å². The number of nitrogens with zero attached hydrogens (tertiary/aromatic N) is 2. The Hall–Kier alpha value is -2.28. The molecule has 8 heteroatoms. The van der Waals surface area contributed by atoms with Gasteiger partial charge in [0.15, 0.2) is 0 Å². The third-order valence-corrected chi connectivity index (χ3v) is 5.38. The molecule has 2 aromatic carbocycles. The number of carbonyl (C=O) groups excluding carboxylic acids is 1. The van der Waals surface area contributed by atoms with Crippen LogP contribution in [0.25, 0.3) is 10.9 Å². The summed E-state index contributed by atoms with van der Waals surface area (Å²) in [6.07, 6.45) is 1.83. The van der Waals surface area contributed by atoms with Crippen LogP contribution in [0.4, 0.5) is 0 Å². The third-order valence-electron chi connectivity index (χ3n) is 3.81. The largest absolute Gasteiger partial charge is 0.497 e. The molecule has 144 valence electrons. The summed E-state index contributed by atoms with van der Waals surface area (Å²) in [6, 6.07) is 14.9. The summed E-state index contributed by atoms with van der Waals surface area (Å²) < 4.78 is 5.18. The number of aromatic nitrogens is 1. The van der Waals surface area contributed by atoms with Crippen LogP contribution in [0.1, 0.15) is 12.0 Å². The summed E-state index contributed by atoms with van der Waals surface area (Å²) in [4.78, 5) is 17.3. The van der Waals surface area contributed by atoms with E-state index in [-0.39, 0.29) is 5.91 Å². The van der Waals surface area contributed by atoms with E-state index in [0.29, 0.717) is 33.7 Å². The van der Waals surface area contributed by atoms with Crippen molar-refractivity contribution in [3.8, 4) is 5.75 Å². The summed E-state index contributed by atoms with van der Waals surface area (Å²) in [5, 5.41) is 5.87. The molecule has 0 radical (unpaired) electrons. The molecule has 0 aliphatic rings. The molecule has 3 rings (SSSR count). The van der Waals surface area contributed by atoms with Gasteiger partial charge in [0.2, 0.25) is 5.91 Å². The Labute approximate surface area is 177 Å². The molecule has 1 N–H and O–H groups in total. The minimum atomic E-state index is -0.174. The van der Waals surface area contributed by atoms with E-state index in [9.17, 15) is 4.79 Å². The van der Waals surface area contributed by atoms with E-state index in [0.717, 1.165) is 15.8 Å². The molecule has 1 heterocycles. The van der Waals surface area contributed by atoms with Gasteiger partial charge in [0.1, 0.15) is 10.9 Å². The second-order valence-electron chi connectivity index (χ2n) is 5.77. The zero-order chi connectivity index (χ0) is 19.9. The number of carbonyl (C=O) groups is 1. The highest BCUT2D eigenvalue weighted by molar-refractivity contribution is 7.99. The van der Waals surface area contributed by atoms with E-state index in [1.54, 1.807) is 18.9 Å². The molecule has 0 aliphatic carbocycles. The Morgan fingerprint density at radius 2 is 2.00 bits per heavy atom. The first-order valence-corrected chi connectivity index (χ1v) is 10.1. The molecule has 28 heavy (non-hydrogen) atoms. The molecule has 0 unspecified atom stereocenters. The second kappa shape index (κ2) is 9.78. The zero-order valence-electron chi connectivity index (χ0n) is 15.0. The fraction of sp³-hybridized carbons (Fsp3) is 0.150. The van der Waals surface area contributed by atoms with Crippen LogP contribution in [0.5, 0.6) is 5.75 Å². The van der Waals surface area contributed by atoms with Crippen LogP contribution in [0.15, 0.2) is 58.5 Å². The number of fused-ring (bicyclic) bond motifs is 1. The van der Waals surface area contributed by atoms with Crippen molar-refractivity contribution in [3.05, 3.63) is 64.3 Å². The van der Waals surface area contributed by atoms with Crippen molar-refractivity contribution in [2.75, 3.05) is 12.9 Å². The van der Waals surface area contributed by atoms with E-state index >= 15 is 0 Å². The van der Waals surface area contributed by atoms with Crippen molar-refractivity contribution in [1.29, 1.82) is 0 Å². The number of thioether (sulfide) groups is 1. The van der Waals surface area contributed by atoms with Crippen molar-refractivity contribution >= 4 is 58.0 Å².